The zero-order valence-electron chi connectivity index (χ0n) is 7.70. The lowest BCUT2D eigenvalue weighted by Gasteiger charge is -2.08. The first kappa shape index (κ1) is 9.73. The molecule has 0 fully saturated rings. The summed E-state index contributed by atoms with van der Waals surface area (Å²) < 4.78 is 4.42. The van der Waals surface area contributed by atoms with Crippen LogP contribution in [0.5, 0.6) is 0 Å². The van der Waals surface area contributed by atoms with E-state index in [1.54, 1.807) is 0 Å². The van der Waals surface area contributed by atoms with Gasteiger partial charge in [-0.25, -0.2) is 0 Å². The van der Waals surface area contributed by atoms with E-state index in [-0.39, 0.29) is 11.6 Å². The van der Waals surface area contributed by atoms with Gasteiger partial charge in [0.25, 0.3) is 5.91 Å². The molecule has 0 saturated heterocycles. The molecule has 1 rings (SSSR count). The lowest BCUT2D eigenvalue weighted by molar-refractivity contribution is 0.0942. The van der Waals surface area contributed by atoms with Gasteiger partial charge in [-0.1, -0.05) is 5.16 Å². The Hall–Kier alpha value is -1.36. The highest BCUT2D eigenvalue weighted by atomic mass is 16.5. The van der Waals surface area contributed by atoms with Gasteiger partial charge in [0.2, 0.25) is 6.26 Å². The molecule has 1 aromatic heterocycles. The van der Waals surface area contributed by atoms with E-state index in [0.717, 1.165) is 6.54 Å². The van der Waals surface area contributed by atoms with E-state index in [2.05, 4.69) is 21.3 Å². The monoisotopic (exact) mass is 182 g/mol. The molecule has 1 aromatic rings. The average molecular weight is 182 g/mol. The first-order valence-electron chi connectivity index (χ1n) is 3.96. The lowest BCUT2D eigenvalue weighted by Crippen LogP contribution is -2.31. The van der Waals surface area contributed by atoms with E-state index in [1.807, 2.05) is 19.0 Å². The van der Waals surface area contributed by atoms with Crippen molar-refractivity contribution in [2.75, 3.05) is 27.2 Å². The van der Waals surface area contributed by atoms with Gasteiger partial charge in [-0.15, -0.1) is 0 Å². The van der Waals surface area contributed by atoms with Crippen molar-refractivity contribution in [2.24, 2.45) is 0 Å². The molecule has 0 aromatic carbocycles. The Morgan fingerprint density at radius 2 is 2.54 bits per heavy atom. The minimum atomic E-state index is -0.230. The molecule has 1 radical (unpaired) electrons. The van der Waals surface area contributed by atoms with Crippen molar-refractivity contribution in [1.29, 1.82) is 0 Å². The molecule has 5 heteroatoms. The van der Waals surface area contributed by atoms with Crippen molar-refractivity contribution in [2.45, 2.75) is 0 Å². The van der Waals surface area contributed by atoms with Gasteiger partial charge in [0, 0.05) is 19.2 Å². The van der Waals surface area contributed by atoms with Gasteiger partial charge in [0.1, 0.15) is 0 Å². The van der Waals surface area contributed by atoms with Crippen LogP contribution in [-0.4, -0.2) is 43.1 Å². The smallest absolute Gasteiger partial charge is 0.273 e. The third-order valence-electron chi connectivity index (χ3n) is 1.47. The normalized spacial score (nSPS) is 10.4. The fourth-order valence-electron chi connectivity index (χ4n) is 0.775. The Morgan fingerprint density at radius 3 is 3.08 bits per heavy atom. The highest BCUT2D eigenvalue weighted by Crippen LogP contribution is 1.91. The maximum absolute atomic E-state index is 11.2. The summed E-state index contributed by atoms with van der Waals surface area (Å²) in [7, 11) is 3.88. The summed E-state index contributed by atoms with van der Waals surface area (Å²) in [5.74, 6) is -0.230. The number of carbonyl (C=O) groups excluding carboxylic acids is 1. The van der Waals surface area contributed by atoms with E-state index in [4.69, 9.17) is 0 Å². The highest BCUT2D eigenvalue weighted by Gasteiger charge is 2.07. The van der Waals surface area contributed by atoms with Gasteiger partial charge >= 0.3 is 0 Å². The Bertz CT molecular complexity index is 256. The number of nitrogens with one attached hydrogen (secondary N) is 1. The molecular weight excluding hydrogens is 170 g/mol. The summed E-state index contributed by atoms with van der Waals surface area (Å²) in [5, 5.41) is 6.15. The largest absolute Gasteiger partial charge is 0.352 e. The summed E-state index contributed by atoms with van der Waals surface area (Å²) in [5.41, 5.74) is 0.263. The summed E-state index contributed by atoms with van der Waals surface area (Å²) in [4.78, 5) is 13.2. The van der Waals surface area contributed by atoms with Crippen LogP contribution in [-0.2, 0) is 0 Å². The van der Waals surface area contributed by atoms with E-state index < -0.39 is 0 Å². The zero-order valence-corrected chi connectivity index (χ0v) is 7.70. The molecule has 1 N–H and O–H groups in total. The van der Waals surface area contributed by atoms with Crippen LogP contribution in [0.2, 0.25) is 0 Å². The fourth-order valence-corrected chi connectivity index (χ4v) is 0.775. The molecule has 0 aliphatic carbocycles. The Balaban J connectivity index is 2.27. The first-order chi connectivity index (χ1) is 6.20. The van der Waals surface area contributed by atoms with Crippen LogP contribution >= 0.6 is 0 Å². The molecule has 71 valence electrons. The molecule has 0 atom stereocenters. The van der Waals surface area contributed by atoms with E-state index in [1.165, 1.54) is 6.07 Å². The molecule has 1 heterocycles. The molecule has 5 nitrogen and oxygen atoms in total. The Morgan fingerprint density at radius 1 is 1.77 bits per heavy atom. The predicted molar refractivity (Wildman–Crippen MR) is 46.2 cm³/mol. The van der Waals surface area contributed by atoms with Crippen LogP contribution in [0, 0.1) is 6.26 Å². The molecule has 0 spiro atoms. The molecule has 0 aliphatic heterocycles. The number of hydrogen-bond donors (Lipinski definition) is 1. The van der Waals surface area contributed by atoms with Crippen LogP contribution in [0.25, 0.3) is 0 Å². The fraction of sp³-hybridized carbons (Fsp3) is 0.500. The molecule has 13 heavy (non-hydrogen) atoms. The quantitative estimate of drug-likeness (QED) is 0.698. The number of hydrogen-bond acceptors (Lipinski definition) is 4. The van der Waals surface area contributed by atoms with Crippen molar-refractivity contribution >= 4 is 5.91 Å². The zero-order chi connectivity index (χ0) is 9.68. The molecule has 0 bridgehead atoms. The third-order valence-corrected chi connectivity index (χ3v) is 1.47. The van der Waals surface area contributed by atoms with E-state index in [0.29, 0.717) is 6.54 Å². The van der Waals surface area contributed by atoms with Crippen molar-refractivity contribution in [3.8, 4) is 0 Å². The van der Waals surface area contributed by atoms with Crippen molar-refractivity contribution in [1.82, 2.24) is 15.4 Å². The van der Waals surface area contributed by atoms with Gasteiger partial charge in [0.05, 0.1) is 0 Å². The number of likely N-dealkylation sites (N-methyl/N-ethyl adjacent to an activating group) is 1. The molecule has 1 amide bonds. The van der Waals surface area contributed by atoms with Gasteiger partial charge < -0.3 is 14.7 Å². The lowest BCUT2D eigenvalue weighted by atomic mass is 10.4. The minimum absolute atomic E-state index is 0.230. The van der Waals surface area contributed by atoms with Crippen LogP contribution in [0.3, 0.4) is 0 Å². The second kappa shape index (κ2) is 4.61. The number of aromatic nitrogens is 1. The van der Waals surface area contributed by atoms with E-state index >= 15 is 0 Å². The molecule has 0 saturated carbocycles. The highest BCUT2D eigenvalue weighted by molar-refractivity contribution is 5.91. The van der Waals surface area contributed by atoms with Crippen LogP contribution < -0.4 is 5.32 Å². The maximum Gasteiger partial charge on any atom is 0.273 e. The second-order valence-electron chi connectivity index (χ2n) is 2.89. The summed E-state index contributed by atoms with van der Waals surface area (Å²) in [6, 6.07) is 1.41. The Labute approximate surface area is 76.7 Å². The summed E-state index contributed by atoms with van der Waals surface area (Å²) >= 11 is 0. The SMILES string of the molecule is CN(C)CCNC(=O)c1c[c]on1. The topological polar surface area (TPSA) is 58.4 Å². The van der Waals surface area contributed by atoms with E-state index in [9.17, 15) is 4.79 Å². The van der Waals surface area contributed by atoms with Crippen molar-refractivity contribution in [3.05, 3.63) is 18.0 Å². The van der Waals surface area contributed by atoms with Gasteiger partial charge in [-0.2, -0.15) is 0 Å². The summed E-state index contributed by atoms with van der Waals surface area (Å²) in [6.45, 7) is 1.39. The van der Waals surface area contributed by atoms with Crippen molar-refractivity contribution < 1.29 is 9.32 Å². The third kappa shape index (κ3) is 3.25. The standard InChI is InChI=1S/C8H12N3O2/c1-11(2)5-4-9-8(12)7-3-6-13-10-7/h3H,4-5H2,1-2H3,(H,9,12). The van der Waals surface area contributed by atoms with Crippen molar-refractivity contribution in [3.63, 3.8) is 0 Å². The average Bonchev–Trinajstić information content (AvgIpc) is 2.55. The van der Waals surface area contributed by atoms with Crippen LogP contribution in [0.4, 0.5) is 0 Å². The van der Waals surface area contributed by atoms with Crippen LogP contribution in [0.15, 0.2) is 10.6 Å². The van der Waals surface area contributed by atoms with Crippen LogP contribution in [0.1, 0.15) is 10.5 Å². The number of nitrogens with zero attached hydrogens (tertiary/aromatic N) is 2. The predicted octanol–water partition coefficient (Wildman–Crippen LogP) is -0.234. The van der Waals surface area contributed by atoms with Gasteiger partial charge in [0.15, 0.2) is 5.69 Å². The molecular formula is C8H12N3O2. The number of rotatable bonds is 4. The first-order valence-corrected chi connectivity index (χ1v) is 3.96. The minimum Gasteiger partial charge on any atom is -0.352 e. The van der Waals surface area contributed by atoms with Gasteiger partial charge in [-0.05, 0) is 14.1 Å². The number of carbonyl (C=O) groups is 1. The van der Waals surface area contributed by atoms with Gasteiger partial charge in [-0.3, -0.25) is 4.79 Å². The molecule has 0 aliphatic rings. The second-order valence-corrected chi connectivity index (χ2v) is 2.89. The number of amides is 1. The maximum atomic E-state index is 11.2. The summed E-state index contributed by atoms with van der Waals surface area (Å²) in [6.07, 6.45) is 2.35. The molecule has 0 unspecified atom stereocenters. The Kier molecular flexibility index (Phi) is 3.45.